The molecule has 2 aromatic carbocycles. The number of ether oxygens (including phenoxy) is 2. The van der Waals surface area contributed by atoms with Crippen molar-refractivity contribution in [2.45, 2.75) is 71.1 Å². The number of hydrogen-bond donors (Lipinski definition) is 1. The fourth-order valence-electron chi connectivity index (χ4n) is 3.75. The Labute approximate surface area is 228 Å². The van der Waals surface area contributed by atoms with Crippen molar-refractivity contribution in [3.8, 4) is 11.5 Å². The number of anilines is 2. The van der Waals surface area contributed by atoms with Crippen LogP contribution in [0.1, 0.15) is 81.5 Å². The van der Waals surface area contributed by atoms with Gasteiger partial charge in [0.2, 0.25) is 16.5 Å². The summed E-state index contributed by atoms with van der Waals surface area (Å²) in [6, 6.07) is 13.8. The van der Waals surface area contributed by atoms with E-state index in [1.54, 1.807) is 48.5 Å². The summed E-state index contributed by atoms with van der Waals surface area (Å²) in [6.45, 7) is 2.94. The lowest BCUT2D eigenvalue weighted by Gasteiger charge is -2.09. The van der Waals surface area contributed by atoms with Gasteiger partial charge in [-0.25, -0.2) is 4.79 Å². The van der Waals surface area contributed by atoms with Crippen molar-refractivity contribution in [2.75, 3.05) is 11.9 Å². The van der Waals surface area contributed by atoms with Crippen molar-refractivity contribution in [3.63, 3.8) is 0 Å². The minimum absolute atomic E-state index is 0.0109. The van der Waals surface area contributed by atoms with Gasteiger partial charge in [0.1, 0.15) is 11.5 Å². The molecule has 0 fully saturated rings. The second kappa shape index (κ2) is 16.0. The van der Waals surface area contributed by atoms with Crippen molar-refractivity contribution >= 4 is 40.8 Å². The molecule has 198 valence electrons. The first kappa shape index (κ1) is 28.7. The van der Waals surface area contributed by atoms with Crippen LogP contribution in [0.2, 0.25) is 10.6 Å². The van der Waals surface area contributed by atoms with E-state index < -0.39 is 5.97 Å². The predicted molar refractivity (Wildman–Crippen MR) is 148 cm³/mol. The maximum atomic E-state index is 12.5. The number of carbonyl (C=O) groups is 1. The zero-order valence-electron chi connectivity index (χ0n) is 21.2. The van der Waals surface area contributed by atoms with Crippen molar-refractivity contribution in [1.82, 2.24) is 15.0 Å². The van der Waals surface area contributed by atoms with Gasteiger partial charge in [-0.2, -0.15) is 15.0 Å². The van der Waals surface area contributed by atoms with Crippen LogP contribution in [0.15, 0.2) is 48.5 Å². The molecule has 3 rings (SSSR count). The lowest BCUT2D eigenvalue weighted by atomic mass is 10.1. The van der Waals surface area contributed by atoms with Crippen molar-refractivity contribution < 1.29 is 14.3 Å². The zero-order valence-corrected chi connectivity index (χ0v) is 22.7. The number of nitrogens with one attached hydrogen (secondary N) is 1. The average Bonchev–Trinajstić information content (AvgIpc) is 2.88. The molecule has 0 spiro atoms. The highest BCUT2D eigenvalue weighted by molar-refractivity contribution is 6.31. The number of esters is 1. The van der Waals surface area contributed by atoms with E-state index in [9.17, 15) is 4.79 Å². The molecule has 1 aromatic heterocycles. The molecule has 37 heavy (non-hydrogen) atoms. The van der Waals surface area contributed by atoms with Crippen LogP contribution in [-0.4, -0.2) is 27.5 Å². The van der Waals surface area contributed by atoms with E-state index in [0.717, 1.165) is 12.2 Å². The fourth-order valence-corrected chi connectivity index (χ4v) is 4.11. The number of unbranched alkanes of at least 4 members (excludes halogenated alkanes) is 9. The topological polar surface area (TPSA) is 86.2 Å². The van der Waals surface area contributed by atoms with E-state index in [2.05, 4.69) is 27.2 Å². The standard InChI is InChI=1S/C28H34Cl2N4O3/c1-2-3-4-5-6-7-8-9-10-11-20-36-23-16-12-21(13-17-23)25(35)37-24-18-14-22(15-19-24)31-28-33-26(29)32-27(30)34-28/h12-19H,2-11,20H2,1H3,(H,31,32,33,34). The van der Waals surface area contributed by atoms with Crippen LogP contribution in [-0.2, 0) is 0 Å². The number of halogens is 2. The number of benzene rings is 2. The third kappa shape index (κ3) is 10.9. The molecule has 0 radical (unpaired) electrons. The first-order chi connectivity index (χ1) is 18.0. The third-order valence-electron chi connectivity index (χ3n) is 5.76. The van der Waals surface area contributed by atoms with Gasteiger partial charge in [-0.05, 0) is 78.2 Å². The molecule has 0 aliphatic rings. The first-order valence-electron chi connectivity index (χ1n) is 12.9. The molecule has 0 aliphatic carbocycles. The van der Waals surface area contributed by atoms with E-state index in [1.165, 1.54) is 57.8 Å². The molecule has 1 heterocycles. The van der Waals surface area contributed by atoms with E-state index in [-0.39, 0.29) is 16.5 Å². The molecule has 0 bridgehead atoms. The SMILES string of the molecule is CCCCCCCCCCCCOc1ccc(C(=O)Oc2ccc(Nc3nc(Cl)nc(Cl)n3)cc2)cc1. The van der Waals surface area contributed by atoms with Crippen molar-refractivity contribution in [3.05, 3.63) is 64.7 Å². The highest BCUT2D eigenvalue weighted by Crippen LogP contribution is 2.21. The van der Waals surface area contributed by atoms with Crippen LogP contribution in [0, 0.1) is 0 Å². The van der Waals surface area contributed by atoms with Crippen LogP contribution in [0.25, 0.3) is 0 Å². The Hall–Kier alpha value is -2.90. The average molecular weight is 546 g/mol. The second-order valence-electron chi connectivity index (χ2n) is 8.79. The Kier molecular flexibility index (Phi) is 12.4. The Morgan fingerprint density at radius 3 is 1.86 bits per heavy atom. The Bertz CT molecular complexity index is 1080. The molecular formula is C28H34Cl2N4O3. The van der Waals surface area contributed by atoms with Gasteiger partial charge in [0.05, 0.1) is 12.2 Å². The minimum Gasteiger partial charge on any atom is -0.494 e. The van der Waals surface area contributed by atoms with Gasteiger partial charge in [-0.1, -0.05) is 64.7 Å². The molecule has 7 nitrogen and oxygen atoms in total. The lowest BCUT2D eigenvalue weighted by molar-refractivity contribution is 0.0734. The highest BCUT2D eigenvalue weighted by Gasteiger charge is 2.10. The summed E-state index contributed by atoms with van der Waals surface area (Å²) in [4.78, 5) is 24.1. The summed E-state index contributed by atoms with van der Waals surface area (Å²) in [5.41, 5.74) is 1.12. The molecule has 0 unspecified atom stereocenters. The molecule has 0 saturated carbocycles. The van der Waals surface area contributed by atoms with Gasteiger partial charge in [-0.15, -0.1) is 0 Å². The largest absolute Gasteiger partial charge is 0.494 e. The van der Waals surface area contributed by atoms with Gasteiger partial charge in [0.15, 0.2) is 0 Å². The van der Waals surface area contributed by atoms with Gasteiger partial charge < -0.3 is 14.8 Å². The van der Waals surface area contributed by atoms with Crippen LogP contribution in [0.4, 0.5) is 11.6 Å². The second-order valence-corrected chi connectivity index (χ2v) is 9.47. The van der Waals surface area contributed by atoms with E-state index >= 15 is 0 Å². The van der Waals surface area contributed by atoms with Crippen LogP contribution >= 0.6 is 23.2 Å². The molecule has 1 N–H and O–H groups in total. The summed E-state index contributed by atoms with van der Waals surface area (Å²) in [5, 5.41) is 2.94. The summed E-state index contributed by atoms with van der Waals surface area (Å²) >= 11 is 11.6. The Balaban J connectivity index is 1.34. The van der Waals surface area contributed by atoms with Gasteiger partial charge in [-0.3, -0.25) is 0 Å². The highest BCUT2D eigenvalue weighted by atomic mass is 35.5. The van der Waals surface area contributed by atoms with E-state index in [4.69, 9.17) is 32.7 Å². The van der Waals surface area contributed by atoms with E-state index in [1.807, 2.05) is 0 Å². The monoisotopic (exact) mass is 544 g/mol. The zero-order chi connectivity index (χ0) is 26.3. The molecule has 3 aromatic rings. The van der Waals surface area contributed by atoms with Crippen molar-refractivity contribution in [2.24, 2.45) is 0 Å². The number of aromatic nitrogens is 3. The lowest BCUT2D eigenvalue weighted by Crippen LogP contribution is -2.08. The maximum Gasteiger partial charge on any atom is 0.343 e. The maximum absolute atomic E-state index is 12.5. The van der Waals surface area contributed by atoms with Gasteiger partial charge in [0, 0.05) is 5.69 Å². The number of carbonyl (C=O) groups excluding carboxylic acids is 1. The molecular weight excluding hydrogens is 511 g/mol. The third-order valence-corrected chi connectivity index (χ3v) is 6.10. The first-order valence-corrected chi connectivity index (χ1v) is 13.7. The molecule has 0 aliphatic heterocycles. The van der Waals surface area contributed by atoms with Crippen LogP contribution in [0.3, 0.4) is 0 Å². The summed E-state index contributed by atoms with van der Waals surface area (Å²) in [6.07, 6.45) is 12.9. The number of rotatable bonds is 16. The van der Waals surface area contributed by atoms with Gasteiger partial charge in [0.25, 0.3) is 0 Å². The van der Waals surface area contributed by atoms with Crippen LogP contribution < -0.4 is 14.8 Å². The quantitative estimate of drug-likeness (QED) is 0.110. The molecule has 0 saturated heterocycles. The van der Waals surface area contributed by atoms with Crippen molar-refractivity contribution in [1.29, 1.82) is 0 Å². The smallest absolute Gasteiger partial charge is 0.343 e. The van der Waals surface area contributed by atoms with E-state index in [0.29, 0.717) is 23.6 Å². The summed E-state index contributed by atoms with van der Waals surface area (Å²) < 4.78 is 11.3. The minimum atomic E-state index is -0.446. The Morgan fingerprint density at radius 1 is 0.730 bits per heavy atom. The number of hydrogen-bond acceptors (Lipinski definition) is 7. The number of nitrogens with zero attached hydrogens (tertiary/aromatic N) is 3. The predicted octanol–water partition coefficient (Wildman–Crippen LogP) is 8.44. The Morgan fingerprint density at radius 2 is 1.27 bits per heavy atom. The fraction of sp³-hybridized carbons (Fsp3) is 0.429. The normalized spacial score (nSPS) is 10.8. The molecule has 0 amide bonds. The summed E-state index contributed by atoms with van der Waals surface area (Å²) in [7, 11) is 0. The summed E-state index contributed by atoms with van der Waals surface area (Å²) in [5.74, 6) is 0.924. The molecule has 9 heteroatoms. The van der Waals surface area contributed by atoms with Gasteiger partial charge >= 0.3 is 5.97 Å². The molecule has 0 atom stereocenters. The van der Waals surface area contributed by atoms with Crippen LogP contribution in [0.5, 0.6) is 11.5 Å².